The number of hydrazine groups is 1. The molecule has 104 valence electrons. The van der Waals surface area contributed by atoms with E-state index in [4.69, 9.17) is 29.0 Å². The summed E-state index contributed by atoms with van der Waals surface area (Å²) in [6.45, 7) is 1.81. The molecule has 1 heterocycles. The van der Waals surface area contributed by atoms with Crippen LogP contribution in [0, 0.1) is 6.92 Å². The largest absolute Gasteiger partial charge is 0.323 e. The number of nitrogens with zero attached hydrogens (tertiary/aromatic N) is 1. The number of amides is 1. The number of rotatable bonds is 3. The van der Waals surface area contributed by atoms with Gasteiger partial charge >= 0.3 is 0 Å². The summed E-state index contributed by atoms with van der Waals surface area (Å²) in [5.41, 5.74) is 4.60. The maximum absolute atomic E-state index is 12.2. The number of nitrogens with two attached hydrogens (primary N) is 1. The van der Waals surface area contributed by atoms with E-state index in [1.807, 2.05) is 6.92 Å². The minimum absolute atomic E-state index is 0.337. The molecule has 0 unspecified atom stereocenters. The number of carbonyl (C=O) groups is 1. The third-order valence-corrected chi connectivity index (χ3v) is 3.36. The number of nitrogens with one attached hydrogen (secondary N) is 2. The lowest BCUT2D eigenvalue weighted by molar-refractivity contribution is 0.102. The Bertz CT molecular complexity index is 661. The van der Waals surface area contributed by atoms with Crippen LogP contribution in [0.5, 0.6) is 0 Å². The van der Waals surface area contributed by atoms with Crippen molar-refractivity contribution in [3.8, 4) is 0 Å². The van der Waals surface area contributed by atoms with Crippen molar-refractivity contribution < 1.29 is 4.79 Å². The van der Waals surface area contributed by atoms with E-state index in [1.54, 1.807) is 24.3 Å². The molecule has 0 radical (unpaired) electrons. The van der Waals surface area contributed by atoms with Gasteiger partial charge in [0.1, 0.15) is 0 Å². The molecule has 0 aliphatic heterocycles. The molecule has 0 aliphatic rings. The van der Waals surface area contributed by atoms with Crippen LogP contribution >= 0.6 is 23.2 Å². The van der Waals surface area contributed by atoms with Gasteiger partial charge in [0, 0.05) is 17.6 Å². The van der Waals surface area contributed by atoms with Gasteiger partial charge in [-0.2, -0.15) is 0 Å². The quantitative estimate of drug-likeness (QED) is 0.600. The predicted octanol–water partition coefficient (Wildman–Crippen LogP) is 3.23. The van der Waals surface area contributed by atoms with E-state index < -0.39 is 0 Å². The molecule has 0 saturated heterocycles. The molecule has 7 heteroatoms. The Morgan fingerprint density at radius 3 is 2.65 bits per heavy atom. The first-order valence-corrected chi connectivity index (χ1v) is 6.46. The third kappa shape index (κ3) is 3.19. The average molecular weight is 311 g/mol. The highest BCUT2D eigenvalue weighted by Crippen LogP contribution is 2.25. The van der Waals surface area contributed by atoms with Crippen molar-refractivity contribution in [1.82, 2.24) is 4.98 Å². The van der Waals surface area contributed by atoms with Crippen LogP contribution in [0.2, 0.25) is 10.0 Å². The second-order valence-corrected chi connectivity index (χ2v) is 4.91. The number of pyridine rings is 1. The SMILES string of the molecule is Cc1cc(NN)c(C(=O)Nc2ccc(Cl)c(Cl)c2)cn1. The molecular weight excluding hydrogens is 299 g/mol. The minimum Gasteiger partial charge on any atom is -0.323 e. The Kier molecular flexibility index (Phi) is 4.44. The summed E-state index contributed by atoms with van der Waals surface area (Å²) in [6, 6.07) is 6.51. The normalized spacial score (nSPS) is 10.2. The zero-order valence-electron chi connectivity index (χ0n) is 10.6. The van der Waals surface area contributed by atoms with Crippen molar-refractivity contribution in [3.63, 3.8) is 0 Å². The Labute approximate surface area is 126 Å². The second kappa shape index (κ2) is 6.09. The lowest BCUT2D eigenvalue weighted by Gasteiger charge is -2.10. The monoisotopic (exact) mass is 310 g/mol. The van der Waals surface area contributed by atoms with E-state index in [2.05, 4.69) is 15.7 Å². The van der Waals surface area contributed by atoms with Gasteiger partial charge < -0.3 is 10.7 Å². The van der Waals surface area contributed by atoms with Gasteiger partial charge in [0.25, 0.3) is 5.91 Å². The molecule has 0 aliphatic carbocycles. The molecule has 0 fully saturated rings. The molecule has 0 bridgehead atoms. The van der Waals surface area contributed by atoms with Gasteiger partial charge in [-0.05, 0) is 31.2 Å². The number of nitrogen functional groups attached to an aromatic ring is 1. The first-order chi connectivity index (χ1) is 9.51. The summed E-state index contributed by atoms with van der Waals surface area (Å²) in [7, 11) is 0. The lowest BCUT2D eigenvalue weighted by atomic mass is 10.2. The molecule has 2 aromatic rings. The maximum atomic E-state index is 12.2. The summed E-state index contributed by atoms with van der Waals surface area (Å²) in [5, 5.41) is 3.49. The van der Waals surface area contributed by atoms with Gasteiger partial charge in [-0.25, -0.2) is 0 Å². The fraction of sp³-hybridized carbons (Fsp3) is 0.0769. The number of benzene rings is 1. The van der Waals surface area contributed by atoms with E-state index in [-0.39, 0.29) is 5.91 Å². The van der Waals surface area contributed by atoms with Gasteiger partial charge in [0.05, 0.1) is 21.3 Å². The molecule has 0 spiro atoms. The Morgan fingerprint density at radius 2 is 2.00 bits per heavy atom. The zero-order valence-corrected chi connectivity index (χ0v) is 12.1. The second-order valence-electron chi connectivity index (χ2n) is 4.10. The fourth-order valence-corrected chi connectivity index (χ4v) is 1.93. The number of halogens is 2. The summed E-state index contributed by atoms with van der Waals surface area (Å²) in [5.74, 6) is 5.05. The molecular formula is C13H12Cl2N4O. The Morgan fingerprint density at radius 1 is 1.25 bits per heavy atom. The van der Waals surface area contributed by atoms with Crippen LogP contribution in [0.3, 0.4) is 0 Å². The molecule has 20 heavy (non-hydrogen) atoms. The van der Waals surface area contributed by atoms with Gasteiger partial charge in [0.15, 0.2) is 0 Å². The highest BCUT2D eigenvalue weighted by atomic mass is 35.5. The molecule has 1 amide bonds. The molecule has 1 aromatic carbocycles. The zero-order chi connectivity index (χ0) is 14.7. The summed E-state index contributed by atoms with van der Waals surface area (Å²) in [4.78, 5) is 16.3. The van der Waals surface area contributed by atoms with Crippen LogP contribution in [0.25, 0.3) is 0 Å². The van der Waals surface area contributed by atoms with Gasteiger partial charge in [-0.3, -0.25) is 15.6 Å². The molecule has 0 saturated carbocycles. The fourth-order valence-electron chi connectivity index (χ4n) is 1.63. The summed E-state index contributed by atoms with van der Waals surface area (Å²) in [6.07, 6.45) is 1.46. The van der Waals surface area contributed by atoms with Crippen LogP contribution in [-0.2, 0) is 0 Å². The lowest BCUT2D eigenvalue weighted by Crippen LogP contribution is -2.18. The smallest absolute Gasteiger partial charge is 0.259 e. The van der Waals surface area contributed by atoms with Crippen LogP contribution < -0.4 is 16.6 Å². The number of anilines is 2. The highest BCUT2D eigenvalue weighted by molar-refractivity contribution is 6.42. The molecule has 5 nitrogen and oxygen atoms in total. The number of hydrogen-bond acceptors (Lipinski definition) is 4. The van der Waals surface area contributed by atoms with Crippen LogP contribution in [-0.4, -0.2) is 10.9 Å². The molecule has 2 rings (SSSR count). The highest BCUT2D eigenvalue weighted by Gasteiger charge is 2.12. The minimum atomic E-state index is -0.344. The molecule has 0 atom stereocenters. The van der Waals surface area contributed by atoms with Crippen LogP contribution in [0.15, 0.2) is 30.5 Å². The Hall–Kier alpha value is -1.82. The number of carbonyl (C=O) groups excluding carboxylic acids is 1. The number of aryl methyl sites for hydroxylation is 1. The van der Waals surface area contributed by atoms with Crippen molar-refractivity contribution in [1.29, 1.82) is 0 Å². The first kappa shape index (κ1) is 14.6. The Balaban J connectivity index is 2.25. The van der Waals surface area contributed by atoms with Crippen LogP contribution in [0.4, 0.5) is 11.4 Å². The van der Waals surface area contributed by atoms with Crippen molar-refractivity contribution in [2.24, 2.45) is 5.84 Å². The van der Waals surface area contributed by atoms with Crippen molar-refractivity contribution >= 4 is 40.5 Å². The molecule has 4 N–H and O–H groups in total. The number of aromatic nitrogens is 1. The van der Waals surface area contributed by atoms with Gasteiger partial charge in [-0.1, -0.05) is 23.2 Å². The van der Waals surface area contributed by atoms with E-state index in [0.29, 0.717) is 27.0 Å². The van der Waals surface area contributed by atoms with Crippen molar-refractivity contribution in [3.05, 3.63) is 51.8 Å². The van der Waals surface area contributed by atoms with Crippen molar-refractivity contribution in [2.75, 3.05) is 10.7 Å². The van der Waals surface area contributed by atoms with E-state index in [1.165, 1.54) is 6.20 Å². The summed E-state index contributed by atoms with van der Waals surface area (Å²) < 4.78 is 0. The van der Waals surface area contributed by atoms with Crippen molar-refractivity contribution in [2.45, 2.75) is 6.92 Å². The maximum Gasteiger partial charge on any atom is 0.259 e. The first-order valence-electron chi connectivity index (χ1n) is 5.71. The number of hydrogen-bond donors (Lipinski definition) is 3. The van der Waals surface area contributed by atoms with E-state index in [0.717, 1.165) is 5.69 Å². The third-order valence-electron chi connectivity index (χ3n) is 2.62. The molecule has 1 aromatic heterocycles. The van der Waals surface area contributed by atoms with Gasteiger partial charge in [0.2, 0.25) is 0 Å². The standard InChI is InChI=1S/C13H12Cl2N4O/c1-7-4-12(19-16)9(6-17-7)13(20)18-8-2-3-10(14)11(15)5-8/h2-6H,16H2,1H3,(H,17,19)(H,18,20). The van der Waals surface area contributed by atoms with Crippen LogP contribution in [0.1, 0.15) is 16.1 Å². The topological polar surface area (TPSA) is 80.0 Å². The average Bonchev–Trinajstić information content (AvgIpc) is 2.42. The van der Waals surface area contributed by atoms with E-state index >= 15 is 0 Å². The predicted molar refractivity (Wildman–Crippen MR) is 81.2 cm³/mol. The summed E-state index contributed by atoms with van der Waals surface area (Å²) >= 11 is 11.7. The van der Waals surface area contributed by atoms with E-state index in [9.17, 15) is 4.79 Å². The van der Waals surface area contributed by atoms with Gasteiger partial charge in [-0.15, -0.1) is 0 Å².